The maximum absolute atomic E-state index is 13.8. The Kier molecular flexibility index (Phi) is 30.1. The maximum Gasteiger partial charge on any atom is 0.416 e. The summed E-state index contributed by atoms with van der Waals surface area (Å²) in [5.41, 5.74) is 5.44. The molecule has 5 heterocycles. The van der Waals surface area contributed by atoms with Crippen LogP contribution in [0, 0.1) is 47.5 Å². The van der Waals surface area contributed by atoms with Gasteiger partial charge in [-0.15, -0.1) is 0 Å². The van der Waals surface area contributed by atoms with E-state index in [1.54, 1.807) is 45.0 Å². The molecule has 1 aliphatic heterocycles. The number of carbonyl (C=O) groups is 5. The molecule has 32 heteroatoms. The molecule has 1 aliphatic rings. The van der Waals surface area contributed by atoms with Crippen LogP contribution in [-0.4, -0.2) is 60.6 Å². The smallest absolute Gasteiger partial charge is 0.416 e. The highest BCUT2D eigenvalue weighted by molar-refractivity contribution is 5.97. The number of para-hydroxylation sites is 1. The molecule has 0 bridgehead atoms. The van der Waals surface area contributed by atoms with Gasteiger partial charge in [0, 0.05) is 83.5 Å². The summed E-state index contributed by atoms with van der Waals surface area (Å²) in [6, 6.07) is 62.5. The number of aliphatic imine (C=N–C) groups is 1. The summed E-state index contributed by atoms with van der Waals surface area (Å²) in [4.78, 5) is 121. The third kappa shape index (κ3) is 23.3. The van der Waals surface area contributed by atoms with Crippen LogP contribution in [0.3, 0.4) is 0 Å². The Hall–Kier alpha value is -15.2. The average molecular weight is 1790 g/mol. The van der Waals surface area contributed by atoms with Gasteiger partial charge in [-0.05, 0) is 209 Å². The van der Waals surface area contributed by atoms with E-state index >= 15 is 0 Å². The van der Waals surface area contributed by atoms with Crippen LogP contribution in [0.25, 0.3) is 33.5 Å². The Morgan fingerprint density at radius 2 is 0.777 bits per heavy atom. The lowest BCUT2D eigenvalue weighted by Gasteiger charge is -2.25. The zero-order chi connectivity index (χ0) is 94.3. The number of halogens is 12. The summed E-state index contributed by atoms with van der Waals surface area (Å²) in [6.07, 6.45) is -13.7. The number of alkyl halides is 12. The minimum Gasteiger partial charge on any atom is -0.494 e. The van der Waals surface area contributed by atoms with E-state index in [9.17, 15) is 95.8 Å². The second-order valence-electron chi connectivity index (χ2n) is 30.0. The van der Waals surface area contributed by atoms with E-state index in [0.717, 1.165) is 111 Å². The number of benzene rings is 9. The number of carbonyl (C=O) groups excluding carboxylic acids is 5. The van der Waals surface area contributed by atoms with Crippen molar-refractivity contribution in [1.29, 1.82) is 0 Å². The molecular formula is C98H84F12N10O10. The molecule has 0 spiro atoms. The lowest BCUT2D eigenvalue weighted by Crippen LogP contribution is -2.37. The SMILES string of the molecule is CCOc1ccccc1CNC(=O)c1ccc(C)n(-c2cccc(C(F)(F)F)c2)c1=O.Cc1ccc(C(=O)NCc2cccc3ccccc23)c(=O)n1-c1cccc(C(F)(F)F)c1.Cc1ccc(CNC(=O)c2c(C3N=CC=CC3C(N)=O)cc(C)n(-c3cccc(C(F)(F)F)c3)c2=O)cc1.Cc1cccc(CNC(=O)c2ccc(C)n(-c3cccc(C(F)(F)F)c3)c2=O)c1. The van der Waals surface area contributed by atoms with Crippen molar-refractivity contribution >= 4 is 46.5 Å². The Bertz CT molecular complexity index is 6740. The minimum atomic E-state index is -4.63. The molecule has 5 amide bonds. The number of pyridine rings is 4. The predicted molar refractivity (Wildman–Crippen MR) is 469 cm³/mol. The Morgan fingerprint density at radius 3 is 1.23 bits per heavy atom. The van der Waals surface area contributed by atoms with Crippen molar-refractivity contribution in [1.82, 2.24) is 39.5 Å². The molecule has 0 fully saturated rings. The lowest BCUT2D eigenvalue weighted by molar-refractivity contribution is -0.138. The molecule has 2 unspecified atom stereocenters. The molecule has 670 valence electrons. The number of hydrogen-bond donors (Lipinski definition) is 5. The average Bonchev–Trinajstić information content (AvgIpc) is 0.754. The van der Waals surface area contributed by atoms with Crippen LogP contribution >= 0.6 is 0 Å². The summed E-state index contributed by atoms with van der Waals surface area (Å²) in [7, 11) is 0. The normalized spacial score (nSPS) is 13.0. The molecule has 6 N–H and O–H groups in total. The minimum absolute atomic E-state index is 0.0358. The molecule has 14 rings (SSSR count). The van der Waals surface area contributed by atoms with Crippen LogP contribution in [0.2, 0.25) is 0 Å². The number of fused-ring (bicyclic) bond motifs is 1. The zero-order valence-electron chi connectivity index (χ0n) is 70.6. The fourth-order valence-electron chi connectivity index (χ4n) is 14.2. The van der Waals surface area contributed by atoms with E-state index < -0.39 is 111 Å². The largest absolute Gasteiger partial charge is 0.494 e. The number of aromatic nitrogens is 4. The van der Waals surface area contributed by atoms with Gasteiger partial charge in [-0.3, -0.25) is 66.4 Å². The van der Waals surface area contributed by atoms with Crippen LogP contribution < -0.4 is 54.0 Å². The number of allylic oxidation sites excluding steroid dienone is 1. The molecule has 0 aliphatic carbocycles. The van der Waals surface area contributed by atoms with E-state index in [2.05, 4.69) is 26.3 Å². The quantitative estimate of drug-likeness (QED) is 0.0450. The summed E-state index contributed by atoms with van der Waals surface area (Å²) in [5.74, 6) is -3.56. The maximum atomic E-state index is 13.8. The Balaban J connectivity index is 0.000000168. The third-order valence-corrected chi connectivity index (χ3v) is 20.7. The molecule has 4 aromatic heterocycles. The number of rotatable bonds is 20. The first-order chi connectivity index (χ1) is 61.6. The van der Waals surface area contributed by atoms with Gasteiger partial charge in [0.2, 0.25) is 5.91 Å². The number of ether oxygens (including phenoxy) is 1. The number of dihydropyridines is 1. The first kappa shape index (κ1) is 95.4. The van der Waals surface area contributed by atoms with Crippen LogP contribution in [0.15, 0.2) is 291 Å². The first-order valence-electron chi connectivity index (χ1n) is 40.2. The van der Waals surface area contributed by atoms with Gasteiger partial charge >= 0.3 is 24.7 Å². The number of aryl methyl sites for hydroxylation is 6. The van der Waals surface area contributed by atoms with Crippen molar-refractivity contribution in [3.8, 4) is 28.5 Å². The summed E-state index contributed by atoms with van der Waals surface area (Å²) in [6.45, 7) is 13.1. The molecular weight excluding hydrogens is 1710 g/mol. The third-order valence-electron chi connectivity index (χ3n) is 20.7. The van der Waals surface area contributed by atoms with Gasteiger partial charge in [0.1, 0.15) is 28.0 Å². The highest BCUT2D eigenvalue weighted by atomic mass is 19.4. The molecule has 20 nitrogen and oxygen atoms in total. The number of amides is 5. The second kappa shape index (κ2) is 41.0. The van der Waals surface area contributed by atoms with Crippen molar-refractivity contribution < 1.29 is 81.4 Å². The number of nitrogens with zero attached hydrogens (tertiary/aromatic N) is 5. The van der Waals surface area contributed by atoms with Gasteiger partial charge in [-0.2, -0.15) is 52.7 Å². The number of primary amides is 1. The van der Waals surface area contributed by atoms with Crippen LogP contribution in [0.4, 0.5) is 52.7 Å². The van der Waals surface area contributed by atoms with Crippen LogP contribution in [-0.2, 0) is 55.7 Å². The van der Waals surface area contributed by atoms with Gasteiger partial charge in [0.25, 0.3) is 45.9 Å². The van der Waals surface area contributed by atoms with E-state index in [0.29, 0.717) is 29.4 Å². The highest BCUT2D eigenvalue weighted by Crippen LogP contribution is 2.37. The van der Waals surface area contributed by atoms with Crippen molar-refractivity contribution in [2.24, 2.45) is 16.6 Å². The first-order valence-corrected chi connectivity index (χ1v) is 40.2. The number of nitrogens with one attached hydrogen (secondary N) is 4. The van der Waals surface area contributed by atoms with E-state index in [1.165, 1.54) is 110 Å². The molecule has 9 aromatic carbocycles. The van der Waals surface area contributed by atoms with Gasteiger partial charge in [0.05, 0.1) is 40.8 Å². The van der Waals surface area contributed by atoms with Crippen LogP contribution in [0.1, 0.15) is 138 Å². The van der Waals surface area contributed by atoms with E-state index in [4.69, 9.17) is 10.5 Å². The topological polar surface area (TPSA) is 269 Å². The standard InChI is InChI=1S/C28H25F3N4O3.C25H19F3N2O2.C23H21F3N2O3.C22H19F3N2O2/c1-16-8-10-18(11-9-16)15-34-26(37)23-22(24-21(25(32)36)7-4-12-33-24)13-17(2)35(27(23)38)20-6-3-5-19(14-20)28(29,30)31;1-16-12-13-22(24(32)30(16)20-10-5-9-19(14-20)25(26,27)28)23(31)29-15-18-8-4-7-17-6-2-3-11-21(17)18;1-3-31-20-10-5-4-7-16(20)14-27-21(29)19-12-11-15(2)28(22(19)30)18-9-6-8-17(13-18)23(24,25)26;1-14-5-3-6-16(11-14)13-26-20(28)19-10-9-15(2)27(21(19)29)18-8-4-7-17(12-18)22(23,24)25/h3-14,21,24H,15H2,1-2H3,(H2,32,36)(H,34,37);2-14H,15H2,1H3,(H,29,31);4-13H,3,14H2,1-2H3,(H,27,29);3-12H,13H2,1-2H3,(H,26,28). The van der Waals surface area contributed by atoms with Gasteiger partial charge in [-0.1, -0.05) is 151 Å². The van der Waals surface area contributed by atoms with Gasteiger partial charge in [0.15, 0.2) is 0 Å². The monoisotopic (exact) mass is 1790 g/mol. The molecule has 0 saturated heterocycles. The molecule has 2 atom stereocenters. The lowest BCUT2D eigenvalue weighted by atomic mass is 9.88. The molecule has 13 aromatic rings. The number of hydrogen-bond acceptors (Lipinski definition) is 11. The fraction of sp³-hybridized carbons (Fsp3) is 0.184. The van der Waals surface area contributed by atoms with Crippen molar-refractivity contribution in [3.05, 3.63) is 415 Å². The van der Waals surface area contributed by atoms with Gasteiger partial charge < -0.3 is 31.7 Å². The summed E-state index contributed by atoms with van der Waals surface area (Å²) < 4.78 is 168. The van der Waals surface area contributed by atoms with Crippen molar-refractivity contribution in [2.45, 2.75) is 105 Å². The van der Waals surface area contributed by atoms with E-state index in [-0.39, 0.29) is 82.4 Å². The van der Waals surface area contributed by atoms with Crippen molar-refractivity contribution in [2.75, 3.05) is 6.61 Å². The van der Waals surface area contributed by atoms with Gasteiger partial charge in [-0.25, -0.2) is 0 Å². The Morgan fingerprint density at radius 1 is 0.385 bits per heavy atom. The van der Waals surface area contributed by atoms with E-state index in [1.807, 2.05) is 118 Å². The Labute approximate surface area is 735 Å². The predicted octanol–water partition coefficient (Wildman–Crippen LogP) is 18.3. The second-order valence-corrected chi connectivity index (χ2v) is 30.0. The molecule has 0 radical (unpaired) electrons. The zero-order valence-corrected chi connectivity index (χ0v) is 70.6. The number of nitrogens with two attached hydrogens (primary N) is 1. The summed E-state index contributed by atoms with van der Waals surface area (Å²) in [5, 5.41) is 12.8. The fourth-order valence-corrected chi connectivity index (χ4v) is 14.2. The van der Waals surface area contributed by atoms with Crippen molar-refractivity contribution in [3.63, 3.8) is 0 Å². The highest BCUT2D eigenvalue weighted by Gasteiger charge is 2.37. The van der Waals surface area contributed by atoms with Crippen LogP contribution in [0.5, 0.6) is 5.75 Å². The molecule has 0 saturated carbocycles. The molecule has 130 heavy (non-hydrogen) atoms. The summed E-state index contributed by atoms with van der Waals surface area (Å²) >= 11 is 0.